The maximum atomic E-state index is 13.0. The van der Waals surface area contributed by atoms with Crippen molar-refractivity contribution in [1.82, 2.24) is 9.78 Å². The number of aliphatic hydroxyl groups is 1. The average molecular weight is 453 g/mol. The molecule has 8 heteroatoms. The van der Waals surface area contributed by atoms with Crippen LogP contribution in [0, 0.1) is 14.4 Å². The number of hydrogen-bond acceptors (Lipinski definition) is 4. The van der Waals surface area contributed by atoms with Crippen molar-refractivity contribution in [2.75, 3.05) is 10.8 Å². The van der Waals surface area contributed by atoms with Gasteiger partial charge in [0.15, 0.2) is 11.5 Å². The SMILES string of the molecule is CC.CCN1c2cn(C)nc2C(O)=C(c2ccccc2C)S1(=O)=O.[CH3-].[Y]. The van der Waals surface area contributed by atoms with Crippen molar-refractivity contribution in [2.24, 2.45) is 7.05 Å². The number of anilines is 1. The second-order valence-corrected chi connectivity index (χ2v) is 7.00. The number of fused-ring (bicyclic) bond motifs is 1. The van der Waals surface area contributed by atoms with Gasteiger partial charge in [0.05, 0.1) is 0 Å². The van der Waals surface area contributed by atoms with Crippen LogP contribution in [0.3, 0.4) is 0 Å². The number of aryl methyl sites for hydroxylation is 2. The summed E-state index contributed by atoms with van der Waals surface area (Å²) in [6.45, 7) is 7.84. The van der Waals surface area contributed by atoms with Gasteiger partial charge in [-0.3, -0.25) is 8.99 Å². The van der Waals surface area contributed by atoms with Crippen LogP contribution in [0.2, 0.25) is 0 Å². The molecule has 0 amide bonds. The Balaban J connectivity index is 0.00000151. The van der Waals surface area contributed by atoms with Gasteiger partial charge in [-0.15, -0.1) is 0 Å². The Labute approximate surface area is 181 Å². The molecule has 26 heavy (non-hydrogen) atoms. The largest absolute Gasteiger partial charge is 0.504 e. The van der Waals surface area contributed by atoms with Gasteiger partial charge in [-0.25, -0.2) is 8.42 Å². The van der Waals surface area contributed by atoms with Crippen molar-refractivity contribution in [3.05, 3.63) is 54.7 Å². The molecule has 141 valence electrons. The molecule has 0 aliphatic carbocycles. The van der Waals surface area contributed by atoms with Gasteiger partial charge in [-0.1, -0.05) is 38.1 Å². The Bertz CT molecular complexity index is 889. The molecule has 2 heterocycles. The molecular formula is C18H26N3O3SY-. The number of benzene rings is 1. The van der Waals surface area contributed by atoms with Crippen LogP contribution in [0.4, 0.5) is 5.69 Å². The van der Waals surface area contributed by atoms with Crippen LogP contribution in [-0.4, -0.2) is 29.8 Å². The third kappa shape index (κ3) is 4.05. The molecule has 6 nitrogen and oxygen atoms in total. The van der Waals surface area contributed by atoms with Crippen molar-refractivity contribution in [2.45, 2.75) is 27.7 Å². The first-order valence-electron chi connectivity index (χ1n) is 7.94. The standard InChI is InChI=1S/C15H17N3O3S.C2H6.CH3.Y/c1-4-18-12-9-17(3)16-13(12)14(19)15(22(18,20)21)11-8-6-5-7-10(11)2;1-2;;/h5-9,19H,4H2,1-3H3;1-2H3;1H3;/q;;-1;. The molecular weight excluding hydrogens is 427 g/mol. The first-order chi connectivity index (χ1) is 11.4. The predicted molar refractivity (Wildman–Crippen MR) is 104 cm³/mol. The molecule has 0 atom stereocenters. The molecule has 1 N–H and O–H groups in total. The van der Waals surface area contributed by atoms with Crippen molar-refractivity contribution < 1.29 is 46.2 Å². The Kier molecular flexibility index (Phi) is 9.23. The molecule has 0 saturated carbocycles. The summed E-state index contributed by atoms with van der Waals surface area (Å²) in [6.07, 6.45) is 1.60. The molecule has 0 unspecified atom stereocenters. The van der Waals surface area contributed by atoms with E-state index in [0.717, 1.165) is 5.56 Å². The third-order valence-corrected chi connectivity index (χ3v) is 5.71. The number of sulfonamides is 1. The van der Waals surface area contributed by atoms with E-state index in [1.165, 1.54) is 8.99 Å². The quantitative estimate of drug-likeness (QED) is 0.703. The van der Waals surface area contributed by atoms with E-state index in [1.54, 1.807) is 32.3 Å². The number of aliphatic hydroxyl groups excluding tert-OH is 1. The van der Waals surface area contributed by atoms with Gasteiger partial charge in [0, 0.05) is 58.1 Å². The maximum Gasteiger partial charge on any atom is 0.268 e. The normalized spacial score (nSPS) is 14.4. The summed E-state index contributed by atoms with van der Waals surface area (Å²) in [5.41, 5.74) is 1.97. The second-order valence-electron chi connectivity index (χ2n) is 5.20. The van der Waals surface area contributed by atoms with Crippen LogP contribution in [-0.2, 0) is 49.8 Å². The molecule has 0 saturated heterocycles. The maximum absolute atomic E-state index is 13.0. The summed E-state index contributed by atoms with van der Waals surface area (Å²) in [5.74, 6) is -0.297. The first kappa shape index (κ1) is 24.8. The molecule has 1 aromatic heterocycles. The smallest absolute Gasteiger partial charge is 0.268 e. The number of aromatic nitrogens is 2. The van der Waals surface area contributed by atoms with Crippen molar-refractivity contribution in [3.8, 4) is 0 Å². The van der Waals surface area contributed by atoms with Gasteiger partial charge < -0.3 is 12.5 Å². The molecule has 0 bridgehead atoms. The predicted octanol–water partition coefficient (Wildman–Crippen LogP) is 3.76. The van der Waals surface area contributed by atoms with E-state index in [-0.39, 0.29) is 63.0 Å². The van der Waals surface area contributed by atoms with Crippen molar-refractivity contribution in [3.63, 3.8) is 0 Å². The Morgan fingerprint density at radius 3 is 2.31 bits per heavy atom. The van der Waals surface area contributed by atoms with Gasteiger partial charge in [-0.05, 0) is 19.4 Å². The molecule has 3 rings (SSSR count). The fourth-order valence-corrected chi connectivity index (χ4v) is 4.53. The van der Waals surface area contributed by atoms with Crippen LogP contribution in [0.1, 0.15) is 37.6 Å². The van der Waals surface area contributed by atoms with E-state index in [0.29, 0.717) is 11.3 Å². The molecule has 1 aliphatic heterocycles. The molecule has 0 fully saturated rings. The summed E-state index contributed by atoms with van der Waals surface area (Å²) >= 11 is 0. The van der Waals surface area contributed by atoms with Gasteiger partial charge in [0.1, 0.15) is 10.6 Å². The topological polar surface area (TPSA) is 75.4 Å². The molecule has 1 radical (unpaired) electrons. The number of hydrogen-bond donors (Lipinski definition) is 1. The third-order valence-electron chi connectivity index (χ3n) is 3.74. The molecule has 1 aromatic carbocycles. The number of nitrogens with zero attached hydrogens (tertiary/aromatic N) is 3. The average Bonchev–Trinajstić information content (AvgIpc) is 2.92. The van der Waals surface area contributed by atoms with E-state index in [2.05, 4.69) is 5.10 Å². The fraction of sp³-hybridized carbons (Fsp3) is 0.333. The van der Waals surface area contributed by atoms with E-state index in [4.69, 9.17) is 0 Å². The summed E-state index contributed by atoms with van der Waals surface area (Å²) in [7, 11) is -2.14. The zero-order valence-electron chi connectivity index (χ0n) is 16.2. The summed E-state index contributed by atoms with van der Waals surface area (Å²) in [4.78, 5) is -0.0846. The summed E-state index contributed by atoms with van der Waals surface area (Å²) in [5, 5.41) is 14.8. The van der Waals surface area contributed by atoms with Gasteiger partial charge in [-0.2, -0.15) is 5.10 Å². The van der Waals surface area contributed by atoms with Crippen LogP contribution in [0.15, 0.2) is 30.5 Å². The molecule has 1 aliphatic rings. The molecule has 0 spiro atoms. The molecule has 2 aromatic rings. The van der Waals surface area contributed by atoms with E-state index >= 15 is 0 Å². The van der Waals surface area contributed by atoms with Crippen LogP contribution in [0.5, 0.6) is 0 Å². The number of rotatable bonds is 2. The minimum Gasteiger partial charge on any atom is -0.504 e. The van der Waals surface area contributed by atoms with E-state index in [9.17, 15) is 13.5 Å². The summed E-state index contributed by atoms with van der Waals surface area (Å²) in [6, 6.07) is 7.09. The Hall–Kier alpha value is -1.18. The fourth-order valence-electron chi connectivity index (χ4n) is 2.73. The van der Waals surface area contributed by atoms with E-state index < -0.39 is 10.0 Å². The van der Waals surface area contributed by atoms with Gasteiger partial charge in [0.2, 0.25) is 0 Å². The van der Waals surface area contributed by atoms with Crippen molar-refractivity contribution in [1.29, 1.82) is 0 Å². The van der Waals surface area contributed by atoms with Crippen LogP contribution >= 0.6 is 0 Å². The minimum atomic E-state index is -3.83. The Morgan fingerprint density at radius 1 is 1.19 bits per heavy atom. The van der Waals surface area contributed by atoms with Crippen LogP contribution in [0.25, 0.3) is 10.7 Å². The zero-order valence-corrected chi connectivity index (χ0v) is 19.8. The minimum absolute atomic E-state index is 0. The van der Waals surface area contributed by atoms with Crippen molar-refractivity contribution >= 4 is 26.4 Å². The second kappa shape index (κ2) is 9.67. The zero-order chi connectivity index (χ0) is 18.1. The van der Waals surface area contributed by atoms with E-state index in [1.807, 2.05) is 32.9 Å². The van der Waals surface area contributed by atoms with Gasteiger partial charge in [0.25, 0.3) is 10.0 Å². The summed E-state index contributed by atoms with van der Waals surface area (Å²) < 4.78 is 28.7. The first-order valence-corrected chi connectivity index (χ1v) is 9.38. The Morgan fingerprint density at radius 2 is 1.77 bits per heavy atom. The monoisotopic (exact) mass is 453 g/mol. The van der Waals surface area contributed by atoms with Gasteiger partial charge >= 0.3 is 0 Å². The van der Waals surface area contributed by atoms with Crippen LogP contribution < -0.4 is 4.31 Å².